The van der Waals surface area contributed by atoms with Gasteiger partial charge in [0.2, 0.25) is 5.91 Å². The first kappa shape index (κ1) is 27.0. The highest BCUT2D eigenvalue weighted by Gasteiger charge is 2.22. The number of rotatable bonds is 6. The smallest absolute Gasteiger partial charge is 0.246 e. The van der Waals surface area contributed by atoms with Crippen molar-refractivity contribution in [1.29, 1.82) is 0 Å². The minimum absolute atomic E-state index is 0.0676. The Labute approximate surface area is 235 Å². The van der Waals surface area contributed by atoms with Gasteiger partial charge in [-0.1, -0.05) is 42.3 Å². The fraction of sp³-hybridized carbons (Fsp3) is 0.281. The van der Waals surface area contributed by atoms with Crippen molar-refractivity contribution in [2.45, 2.75) is 12.8 Å². The molecule has 1 amide bonds. The number of aromatic nitrogens is 3. The van der Waals surface area contributed by atoms with Crippen LogP contribution in [0.4, 0.5) is 5.82 Å². The molecule has 1 fully saturated rings. The van der Waals surface area contributed by atoms with Gasteiger partial charge >= 0.3 is 0 Å². The first-order valence-electron chi connectivity index (χ1n) is 13.4. The molecule has 0 unspecified atom stereocenters. The van der Waals surface area contributed by atoms with Crippen LogP contribution in [0.15, 0.2) is 73.1 Å². The first-order chi connectivity index (χ1) is 19.4. The summed E-state index contributed by atoms with van der Waals surface area (Å²) in [5, 5.41) is 0.788. The van der Waals surface area contributed by atoms with Crippen molar-refractivity contribution in [2.75, 3.05) is 39.5 Å². The van der Waals surface area contributed by atoms with Gasteiger partial charge in [0.05, 0.1) is 5.39 Å². The molecule has 2 N–H and O–H groups in total. The number of aryl methyl sites for hydroxylation is 1. The van der Waals surface area contributed by atoms with E-state index in [4.69, 9.17) is 10.5 Å². The van der Waals surface area contributed by atoms with Gasteiger partial charge in [-0.25, -0.2) is 9.97 Å². The molecule has 1 aliphatic heterocycles. The summed E-state index contributed by atoms with van der Waals surface area (Å²) >= 11 is 0. The Hall–Kier alpha value is -4.61. The van der Waals surface area contributed by atoms with E-state index in [2.05, 4.69) is 21.8 Å². The summed E-state index contributed by atoms with van der Waals surface area (Å²) in [5.74, 6) is 9.14. The van der Waals surface area contributed by atoms with Gasteiger partial charge in [0, 0.05) is 44.2 Å². The number of likely N-dealkylation sites (N-methyl/N-ethyl adjacent to an activating group) is 1. The lowest BCUT2D eigenvalue weighted by Gasteiger charge is -2.29. The van der Waals surface area contributed by atoms with Gasteiger partial charge in [0.25, 0.3) is 0 Å². The zero-order chi connectivity index (χ0) is 28.1. The summed E-state index contributed by atoms with van der Waals surface area (Å²) in [7, 11) is 5.92. The number of benzene rings is 2. The fourth-order valence-corrected chi connectivity index (χ4v) is 4.90. The summed E-state index contributed by atoms with van der Waals surface area (Å²) < 4.78 is 7.97. The normalized spacial score (nSPS) is 14.1. The van der Waals surface area contributed by atoms with E-state index in [0.29, 0.717) is 18.9 Å². The summed E-state index contributed by atoms with van der Waals surface area (Å²) in [6.45, 7) is 2.15. The van der Waals surface area contributed by atoms with Crippen molar-refractivity contribution in [3.8, 4) is 34.5 Å². The molecule has 5 rings (SSSR count). The number of carbonyl (C=O) groups excluding carboxylic acids is 1. The predicted molar refractivity (Wildman–Crippen MR) is 159 cm³/mol. The van der Waals surface area contributed by atoms with Crippen LogP contribution >= 0.6 is 0 Å². The number of likely N-dealkylation sites (tertiary alicyclic amines) is 1. The van der Waals surface area contributed by atoms with Crippen LogP contribution in [0.1, 0.15) is 18.5 Å². The molecule has 1 aliphatic rings. The molecule has 2 aromatic heterocycles. The highest BCUT2D eigenvalue weighted by atomic mass is 16.5. The second-order valence-electron chi connectivity index (χ2n) is 10.2. The van der Waals surface area contributed by atoms with E-state index in [0.717, 1.165) is 58.7 Å². The molecule has 0 aliphatic carbocycles. The summed E-state index contributed by atoms with van der Waals surface area (Å²) in [6, 6.07) is 17.6. The van der Waals surface area contributed by atoms with Crippen LogP contribution in [0.5, 0.6) is 11.5 Å². The van der Waals surface area contributed by atoms with E-state index < -0.39 is 0 Å². The number of hydrogen-bond acceptors (Lipinski definition) is 6. The van der Waals surface area contributed by atoms with Crippen LogP contribution < -0.4 is 10.5 Å². The van der Waals surface area contributed by atoms with Crippen molar-refractivity contribution in [2.24, 2.45) is 13.0 Å². The van der Waals surface area contributed by atoms with Gasteiger partial charge in [-0.3, -0.25) is 4.79 Å². The molecule has 40 heavy (non-hydrogen) atoms. The third kappa shape index (κ3) is 6.00. The van der Waals surface area contributed by atoms with E-state index in [1.807, 2.05) is 96.2 Å². The quantitative estimate of drug-likeness (QED) is 0.285. The standard InChI is InChI=1S/C32H34N6O2/c1-36(2)19-7-10-28(39)38-20-17-23(18-21-38)11-16-27-29(30-31(33)34-22-35-32(30)37(27)3)24-12-14-26(15-13-24)40-25-8-5-4-6-9-25/h4-10,12-15,22-23H,17-21H2,1-3H3,(H2,33,34,35)/b10-7+. The molecular weight excluding hydrogens is 500 g/mol. The zero-order valence-electron chi connectivity index (χ0n) is 23.2. The summed E-state index contributed by atoms with van der Waals surface area (Å²) in [4.78, 5) is 25.2. The molecule has 204 valence electrons. The molecule has 0 saturated carbocycles. The fourth-order valence-electron chi connectivity index (χ4n) is 4.90. The Morgan fingerprint density at radius 2 is 1.77 bits per heavy atom. The first-order valence-corrected chi connectivity index (χ1v) is 13.4. The van der Waals surface area contributed by atoms with Crippen LogP contribution in [0.3, 0.4) is 0 Å². The van der Waals surface area contributed by atoms with Crippen molar-refractivity contribution in [1.82, 2.24) is 24.3 Å². The SMILES string of the molecule is CN(C)C/C=C/C(=O)N1CCC(C#Cc2c(-c3ccc(Oc4ccccc4)cc3)c3c(N)ncnc3n2C)CC1. The summed E-state index contributed by atoms with van der Waals surface area (Å²) in [6.07, 6.45) is 6.75. The third-order valence-electron chi connectivity index (χ3n) is 7.05. The van der Waals surface area contributed by atoms with Crippen LogP contribution in [0.25, 0.3) is 22.2 Å². The van der Waals surface area contributed by atoms with Crippen LogP contribution in [-0.2, 0) is 11.8 Å². The average Bonchev–Trinajstić information content (AvgIpc) is 3.25. The van der Waals surface area contributed by atoms with Gasteiger partial charge in [-0.2, -0.15) is 0 Å². The molecule has 8 heteroatoms. The molecule has 0 bridgehead atoms. The van der Waals surface area contributed by atoms with Gasteiger partial charge < -0.3 is 24.8 Å². The van der Waals surface area contributed by atoms with Gasteiger partial charge in [0.15, 0.2) is 0 Å². The second kappa shape index (κ2) is 12.1. The van der Waals surface area contributed by atoms with Crippen molar-refractivity contribution >= 4 is 22.8 Å². The molecule has 1 saturated heterocycles. The van der Waals surface area contributed by atoms with Crippen LogP contribution in [0.2, 0.25) is 0 Å². The van der Waals surface area contributed by atoms with E-state index in [1.54, 1.807) is 6.08 Å². The number of piperidine rings is 1. The topological polar surface area (TPSA) is 89.5 Å². The van der Waals surface area contributed by atoms with E-state index in [-0.39, 0.29) is 11.8 Å². The number of anilines is 1. The number of fused-ring (bicyclic) bond motifs is 1. The molecule has 8 nitrogen and oxygen atoms in total. The van der Waals surface area contributed by atoms with Crippen LogP contribution in [0, 0.1) is 17.8 Å². The number of hydrogen-bond donors (Lipinski definition) is 1. The molecular formula is C32H34N6O2. The molecule has 0 atom stereocenters. The van der Waals surface area contributed by atoms with Crippen LogP contribution in [-0.4, -0.2) is 64.0 Å². The molecule has 3 heterocycles. The van der Waals surface area contributed by atoms with Gasteiger partial charge in [-0.15, -0.1) is 0 Å². The Bertz CT molecular complexity index is 1570. The number of amides is 1. The van der Waals surface area contributed by atoms with Crippen molar-refractivity contribution in [3.63, 3.8) is 0 Å². The largest absolute Gasteiger partial charge is 0.457 e. The highest BCUT2D eigenvalue weighted by Crippen LogP contribution is 2.37. The lowest BCUT2D eigenvalue weighted by molar-refractivity contribution is -0.127. The zero-order valence-corrected chi connectivity index (χ0v) is 23.2. The second-order valence-corrected chi connectivity index (χ2v) is 10.2. The third-order valence-corrected chi connectivity index (χ3v) is 7.05. The van der Waals surface area contributed by atoms with Crippen molar-refractivity contribution < 1.29 is 9.53 Å². The van der Waals surface area contributed by atoms with E-state index in [9.17, 15) is 4.79 Å². The highest BCUT2D eigenvalue weighted by molar-refractivity contribution is 6.03. The maximum Gasteiger partial charge on any atom is 0.246 e. The minimum Gasteiger partial charge on any atom is -0.457 e. The lowest BCUT2D eigenvalue weighted by atomic mass is 9.96. The monoisotopic (exact) mass is 534 g/mol. The Morgan fingerprint density at radius 3 is 2.48 bits per heavy atom. The number of nitrogens with zero attached hydrogens (tertiary/aromatic N) is 5. The molecule has 0 spiro atoms. The number of ether oxygens (including phenoxy) is 1. The number of carbonyl (C=O) groups is 1. The van der Waals surface area contributed by atoms with Gasteiger partial charge in [-0.05, 0) is 62.7 Å². The maximum atomic E-state index is 12.5. The maximum absolute atomic E-state index is 12.5. The number of nitrogen functional groups attached to an aromatic ring is 1. The number of para-hydroxylation sites is 1. The minimum atomic E-state index is 0.0676. The predicted octanol–water partition coefficient (Wildman–Crippen LogP) is 4.72. The van der Waals surface area contributed by atoms with Crippen molar-refractivity contribution in [3.05, 3.63) is 78.8 Å². The van der Waals surface area contributed by atoms with E-state index >= 15 is 0 Å². The Kier molecular flexibility index (Phi) is 8.13. The molecule has 2 aromatic carbocycles. The Balaban J connectivity index is 1.39. The number of nitrogens with two attached hydrogens (primary N) is 1. The average molecular weight is 535 g/mol. The van der Waals surface area contributed by atoms with Gasteiger partial charge in [0.1, 0.15) is 35.0 Å². The lowest BCUT2D eigenvalue weighted by Crippen LogP contribution is -2.37. The molecule has 0 radical (unpaired) electrons. The molecule has 4 aromatic rings. The Morgan fingerprint density at radius 1 is 1.07 bits per heavy atom. The van der Waals surface area contributed by atoms with E-state index in [1.165, 1.54) is 6.33 Å². The summed E-state index contributed by atoms with van der Waals surface area (Å²) in [5.41, 5.74) is 9.80.